The summed E-state index contributed by atoms with van der Waals surface area (Å²) in [6.07, 6.45) is 6.72. The fourth-order valence-electron chi connectivity index (χ4n) is 2.78. The molecule has 6 heteroatoms. The number of allylic oxidation sites excluding steroid dienone is 2. The molecule has 0 aromatic heterocycles. The van der Waals surface area contributed by atoms with Crippen molar-refractivity contribution in [3.05, 3.63) is 35.4 Å². The van der Waals surface area contributed by atoms with Crippen molar-refractivity contribution in [2.45, 2.75) is 33.1 Å². The summed E-state index contributed by atoms with van der Waals surface area (Å²) in [5.74, 6) is 0.363. The fourth-order valence-corrected chi connectivity index (χ4v) is 3.01. The minimum atomic E-state index is -0.0798. The fraction of sp³-hybridized carbons (Fsp3) is 0.474. The molecule has 1 aliphatic carbocycles. The van der Waals surface area contributed by atoms with Gasteiger partial charge in [0.05, 0.1) is 5.02 Å². The summed E-state index contributed by atoms with van der Waals surface area (Å²) in [7, 11) is 0. The summed E-state index contributed by atoms with van der Waals surface area (Å²) in [4.78, 5) is 25.9. The highest BCUT2D eigenvalue weighted by Gasteiger charge is 2.19. The standard InChI is InChI=1S/C19H25ClN2O3/c1-3-22(4-2)18(23)13-25-17-11-10-15(12-16(17)20)21-19(24)14-8-6-5-7-9-14/h5-6,10-12,14H,3-4,7-9,13H2,1-2H3,(H,21,24). The molecular weight excluding hydrogens is 340 g/mol. The Kier molecular flexibility index (Phi) is 7.31. The SMILES string of the molecule is CCN(CC)C(=O)COc1ccc(NC(=O)C2CC=CCC2)cc1Cl. The largest absolute Gasteiger partial charge is 0.482 e. The third-order valence-electron chi connectivity index (χ3n) is 4.31. The highest BCUT2D eigenvalue weighted by Crippen LogP contribution is 2.28. The van der Waals surface area contributed by atoms with E-state index in [1.165, 1.54) is 0 Å². The number of amides is 2. The lowest BCUT2D eigenvalue weighted by Gasteiger charge is -2.19. The number of anilines is 1. The maximum atomic E-state index is 12.3. The molecule has 0 fully saturated rings. The zero-order chi connectivity index (χ0) is 18.2. The van der Waals surface area contributed by atoms with E-state index in [9.17, 15) is 9.59 Å². The van der Waals surface area contributed by atoms with Crippen LogP contribution in [0.25, 0.3) is 0 Å². The van der Waals surface area contributed by atoms with E-state index in [-0.39, 0.29) is 24.3 Å². The lowest BCUT2D eigenvalue weighted by atomic mass is 9.93. The average Bonchev–Trinajstić information content (AvgIpc) is 2.62. The number of hydrogen-bond donors (Lipinski definition) is 1. The molecule has 0 spiro atoms. The third kappa shape index (κ3) is 5.49. The Morgan fingerprint density at radius 2 is 2.04 bits per heavy atom. The molecule has 25 heavy (non-hydrogen) atoms. The van der Waals surface area contributed by atoms with E-state index in [4.69, 9.17) is 16.3 Å². The number of rotatable bonds is 7. The van der Waals surface area contributed by atoms with E-state index in [1.807, 2.05) is 19.9 Å². The van der Waals surface area contributed by atoms with Crippen LogP contribution in [0.2, 0.25) is 5.02 Å². The van der Waals surface area contributed by atoms with Gasteiger partial charge in [0.15, 0.2) is 6.61 Å². The van der Waals surface area contributed by atoms with Crippen molar-refractivity contribution in [2.75, 3.05) is 25.0 Å². The molecule has 0 aliphatic heterocycles. The number of ether oxygens (including phenoxy) is 1. The predicted octanol–water partition coefficient (Wildman–Crippen LogP) is 3.88. The first kappa shape index (κ1) is 19.3. The first-order chi connectivity index (χ1) is 12.0. The second-order valence-electron chi connectivity index (χ2n) is 5.97. The highest BCUT2D eigenvalue weighted by atomic mass is 35.5. The van der Waals surface area contributed by atoms with Crippen molar-refractivity contribution in [1.82, 2.24) is 4.90 Å². The van der Waals surface area contributed by atoms with E-state index in [1.54, 1.807) is 23.1 Å². The van der Waals surface area contributed by atoms with E-state index >= 15 is 0 Å². The molecule has 0 saturated heterocycles. The van der Waals surface area contributed by atoms with Crippen molar-refractivity contribution in [2.24, 2.45) is 5.92 Å². The van der Waals surface area contributed by atoms with E-state index < -0.39 is 0 Å². The molecule has 1 unspecified atom stereocenters. The Bertz CT molecular complexity index is 642. The zero-order valence-electron chi connectivity index (χ0n) is 14.8. The smallest absolute Gasteiger partial charge is 0.260 e. The Labute approximate surface area is 154 Å². The molecule has 1 N–H and O–H groups in total. The summed E-state index contributed by atoms with van der Waals surface area (Å²) >= 11 is 6.22. The predicted molar refractivity (Wildman–Crippen MR) is 100.0 cm³/mol. The van der Waals surface area contributed by atoms with Crippen LogP contribution in [0.4, 0.5) is 5.69 Å². The van der Waals surface area contributed by atoms with E-state index in [2.05, 4.69) is 11.4 Å². The number of carbonyl (C=O) groups excluding carboxylic acids is 2. The number of hydrogen-bond acceptors (Lipinski definition) is 3. The third-order valence-corrected chi connectivity index (χ3v) is 4.60. The molecule has 0 heterocycles. The molecule has 0 saturated carbocycles. The van der Waals surface area contributed by atoms with Crippen LogP contribution in [-0.4, -0.2) is 36.4 Å². The van der Waals surface area contributed by atoms with Gasteiger partial charge in [-0.05, 0) is 51.3 Å². The molecule has 136 valence electrons. The molecule has 2 amide bonds. The van der Waals surface area contributed by atoms with E-state index in [0.717, 1.165) is 19.3 Å². The van der Waals surface area contributed by atoms with Crippen LogP contribution in [-0.2, 0) is 9.59 Å². The molecule has 2 rings (SSSR count). The molecule has 0 radical (unpaired) electrons. The van der Waals surface area contributed by atoms with Gasteiger partial charge in [0.1, 0.15) is 5.75 Å². The van der Waals surface area contributed by atoms with Gasteiger partial charge in [0, 0.05) is 24.7 Å². The quantitative estimate of drug-likeness (QED) is 0.747. The van der Waals surface area contributed by atoms with Gasteiger partial charge in [0.2, 0.25) is 5.91 Å². The summed E-state index contributed by atoms with van der Waals surface area (Å²) in [6.45, 7) is 5.09. The lowest BCUT2D eigenvalue weighted by Crippen LogP contribution is -2.34. The van der Waals surface area contributed by atoms with Gasteiger partial charge >= 0.3 is 0 Å². The lowest BCUT2D eigenvalue weighted by molar-refractivity contribution is -0.133. The number of nitrogens with one attached hydrogen (secondary N) is 1. The maximum absolute atomic E-state index is 12.3. The molecule has 1 aromatic carbocycles. The zero-order valence-corrected chi connectivity index (χ0v) is 15.5. The normalized spacial score (nSPS) is 16.4. The van der Waals surface area contributed by atoms with Crippen molar-refractivity contribution < 1.29 is 14.3 Å². The Morgan fingerprint density at radius 1 is 1.28 bits per heavy atom. The van der Waals surface area contributed by atoms with E-state index in [0.29, 0.717) is 29.5 Å². The first-order valence-electron chi connectivity index (χ1n) is 8.71. The van der Waals surface area contributed by atoms with Crippen LogP contribution in [0, 0.1) is 5.92 Å². The first-order valence-corrected chi connectivity index (χ1v) is 9.08. The second-order valence-corrected chi connectivity index (χ2v) is 6.38. The van der Waals surface area contributed by atoms with Gasteiger partial charge in [-0.3, -0.25) is 9.59 Å². The van der Waals surface area contributed by atoms with Crippen LogP contribution in [0.1, 0.15) is 33.1 Å². The molecule has 5 nitrogen and oxygen atoms in total. The number of carbonyl (C=O) groups is 2. The van der Waals surface area contributed by atoms with Crippen molar-refractivity contribution >= 4 is 29.1 Å². The van der Waals surface area contributed by atoms with Gasteiger partial charge in [-0.25, -0.2) is 0 Å². The highest BCUT2D eigenvalue weighted by molar-refractivity contribution is 6.32. The summed E-state index contributed by atoms with van der Waals surface area (Å²) in [6, 6.07) is 5.06. The number of halogens is 1. The van der Waals surface area contributed by atoms with Crippen LogP contribution in [0.15, 0.2) is 30.4 Å². The van der Waals surface area contributed by atoms with Crippen molar-refractivity contribution in [1.29, 1.82) is 0 Å². The van der Waals surface area contributed by atoms with Crippen molar-refractivity contribution in [3.8, 4) is 5.75 Å². The summed E-state index contributed by atoms with van der Waals surface area (Å²) in [5.41, 5.74) is 0.631. The number of nitrogens with zero attached hydrogens (tertiary/aromatic N) is 1. The molecule has 1 aromatic rings. The van der Waals surface area contributed by atoms with Gasteiger partial charge in [-0.1, -0.05) is 23.8 Å². The summed E-state index contributed by atoms with van der Waals surface area (Å²) < 4.78 is 5.51. The van der Waals surface area contributed by atoms with Gasteiger partial charge in [-0.15, -0.1) is 0 Å². The minimum Gasteiger partial charge on any atom is -0.482 e. The number of likely N-dealkylation sites (N-methyl/N-ethyl adjacent to an activating group) is 1. The Balaban J connectivity index is 1.92. The molecule has 0 bridgehead atoms. The van der Waals surface area contributed by atoms with Crippen LogP contribution in [0.3, 0.4) is 0 Å². The summed E-state index contributed by atoms with van der Waals surface area (Å²) in [5, 5.41) is 3.26. The van der Waals surface area contributed by atoms with Crippen molar-refractivity contribution in [3.63, 3.8) is 0 Å². The maximum Gasteiger partial charge on any atom is 0.260 e. The van der Waals surface area contributed by atoms with Crippen LogP contribution >= 0.6 is 11.6 Å². The topological polar surface area (TPSA) is 58.6 Å². The van der Waals surface area contributed by atoms with Gasteiger partial charge < -0.3 is 15.0 Å². The molecule has 1 atom stereocenters. The molecular formula is C19H25ClN2O3. The molecule has 1 aliphatic rings. The monoisotopic (exact) mass is 364 g/mol. The second kappa shape index (κ2) is 9.47. The average molecular weight is 365 g/mol. The van der Waals surface area contributed by atoms with Gasteiger partial charge in [0.25, 0.3) is 5.91 Å². The Morgan fingerprint density at radius 3 is 2.64 bits per heavy atom. The van der Waals surface area contributed by atoms with Crippen LogP contribution in [0.5, 0.6) is 5.75 Å². The number of benzene rings is 1. The minimum absolute atomic E-state index is 0.00537. The Hall–Kier alpha value is -2.01. The van der Waals surface area contributed by atoms with Gasteiger partial charge in [-0.2, -0.15) is 0 Å². The van der Waals surface area contributed by atoms with Crippen LogP contribution < -0.4 is 10.1 Å².